The van der Waals surface area contributed by atoms with E-state index in [4.69, 9.17) is 0 Å². The second-order valence-electron chi connectivity index (χ2n) is 5.17. The van der Waals surface area contributed by atoms with Crippen molar-refractivity contribution < 1.29 is 13.3 Å². The van der Waals surface area contributed by atoms with Crippen LogP contribution in [0.4, 0.5) is 5.69 Å². The third kappa shape index (κ3) is 2.30. The Bertz CT molecular complexity index is 828. The highest BCUT2D eigenvalue weighted by Gasteiger charge is 2.34. The molecule has 2 heterocycles. The molecule has 0 N–H and O–H groups in total. The second kappa shape index (κ2) is 5.22. The molecule has 0 bridgehead atoms. The maximum Gasteiger partial charge on any atom is 0.270 e. The van der Waals surface area contributed by atoms with E-state index in [2.05, 4.69) is 0 Å². The minimum Gasteiger partial charge on any atom is -0.349 e. The summed E-state index contributed by atoms with van der Waals surface area (Å²) < 4.78 is 29.0. The molecule has 0 radical (unpaired) electrons. The summed E-state index contributed by atoms with van der Waals surface area (Å²) in [7, 11) is -3.77. The van der Waals surface area contributed by atoms with Crippen molar-refractivity contribution >= 4 is 15.7 Å². The van der Waals surface area contributed by atoms with E-state index in [9.17, 15) is 18.5 Å². The minimum atomic E-state index is -3.77. The molecular formula is C14H15N3O4S. The summed E-state index contributed by atoms with van der Waals surface area (Å²) in [5.74, 6) is 0. The molecule has 0 spiro atoms. The molecule has 0 amide bonds. The standard InChI is InChI=1S/C14H15N3O4S/c1-11-14-6-3-7-15(14)8-9-16(11)22(20,21)13-5-2-4-12(10-13)17(18)19/h2-7,10-11H,8-9H2,1H3/t11-/m0/s1. The maximum absolute atomic E-state index is 12.8. The van der Waals surface area contributed by atoms with Crippen molar-refractivity contribution in [2.24, 2.45) is 0 Å². The Morgan fingerprint density at radius 1 is 1.23 bits per heavy atom. The molecule has 7 nitrogen and oxygen atoms in total. The van der Waals surface area contributed by atoms with Gasteiger partial charge in [-0.1, -0.05) is 6.07 Å². The molecule has 2 aromatic rings. The number of rotatable bonds is 3. The lowest BCUT2D eigenvalue weighted by atomic mass is 10.2. The number of hydrogen-bond acceptors (Lipinski definition) is 4. The Balaban J connectivity index is 2.01. The number of non-ortho nitro benzene ring substituents is 1. The van der Waals surface area contributed by atoms with Crippen molar-refractivity contribution in [1.29, 1.82) is 0 Å². The highest BCUT2D eigenvalue weighted by molar-refractivity contribution is 7.89. The predicted octanol–water partition coefficient (Wildman–Crippen LogP) is 2.16. The number of aromatic nitrogens is 1. The molecule has 1 aliphatic heterocycles. The van der Waals surface area contributed by atoms with E-state index in [-0.39, 0.29) is 16.6 Å². The fourth-order valence-corrected chi connectivity index (χ4v) is 4.42. The molecule has 1 aromatic carbocycles. The molecule has 22 heavy (non-hydrogen) atoms. The fourth-order valence-electron chi connectivity index (χ4n) is 2.78. The molecule has 3 rings (SSSR count). The quantitative estimate of drug-likeness (QED) is 0.640. The summed E-state index contributed by atoms with van der Waals surface area (Å²) in [4.78, 5) is 10.2. The van der Waals surface area contributed by atoms with Gasteiger partial charge in [-0.25, -0.2) is 8.42 Å². The normalized spacial score (nSPS) is 18.9. The minimum absolute atomic E-state index is 0.0476. The van der Waals surface area contributed by atoms with Gasteiger partial charge in [0.1, 0.15) is 0 Å². The first-order valence-electron chi connectivity index (χ1n) is 6.82. The first kappa shape index (κ1) is 14.7. The molecule has 0 saturated carbocycles. The zero-order valence-corrected chi connectivity index (χ0v) is 12.7. The van der Waals surface area contributed by atoms with Crippen LogP contribution in [0.5, 0.6) is 0 Å². The van der Waals surface area contributed by atoms with Gasteiger partial charge in [-0.2, -0.15) is 4.31 Å². The van der Waals surface area contributed by atoms with Gasteiger partial charge in [0.15, 0.2) is 0 Å². The molecule has 1 aromatic heterocycles. The van der Waals surface area contributed by atoms with Gasteiger partial charge in [0.05, 0.1) is 15.9 Å². The largest absolute Gasteiger partial charge is 0.349 e. The predicted molar refractivity (Wildman–Crippen MR) is 79.8 cm³/mol. The van der Waals surface area contributed by atoms with E-state index in [1.54, 1.807) is 0 Å². The van der Waals surface area contributed by atoms with Crippen LogP contribution in [0.1, 0.15) is 18.7 Å². The molecular weight excluding hydrogens is 306 g/mol. The number of nitro groups is 1. The van der Waals surface area contributed by atoms with Gasteiger partial charge in [0.2, 0.25) is 10.0 Å². The summed E-state index contributed by atoms with van der Waals surface area (Å²) in [6.45, 7) is 2.73. The SMILES string of the molecule is C[C@H]1c2cccn2CCN1S(=O)(=O)c1cccc([N+](=O)[O-])c1. The van der Waals surface area contributed by atoms with Crippen molar-refractivity contribution in [2.45, 2.75) is 24.4 Å². The summed E-state index contributed by atoms with van der Waals surface area (Å²) in [6.07, 6.45) is 1.92. The van der Waals surface area contributed by atoms with Crippen LogP contribution in [0, 0.1) is 10.1 Å². The van der Waals surface area contributed by atoms with Crippen molar-refractivity contribution in [1.82, 2.24) is 8.87 Å². The Kier molecular flexibility index (Phi) is 3.50. The molecule has 8 heteroatoms. The van der Waals surface area contributed by atoms with Crippen molar-refractivity contribution in [3.8, 4) is 0 Å². The Morgan fingerprint density at radius 2 is 2.00 bits per heavy atom. The van der Waals surface area contributed by atoms with Gasteiger partial charge in [0, 0.05) is 37.1 Å². The zero-order valence-electron chi connectivity index (χ0n) is 11.9. The molecule has 0 aliphatic carbocycles. The van der Waals surface area contributed by atoms with E-state index in [0.29, 0.717) is 13.1 Å². The molecule has 1 atom stereocenters. The van der Waals surface area contributed by atoms with Gasteiger partial charge in [-0.15, -0.1) is 0 Å². The van der Waals surface area contributed by atoms with E-state index in [1.165, 1.54) is 22.5 Å². The summed E-state index contributed by atoms with van der Waals surface area (Å²) in [5, 5.41) is 10.8. The van der Waals surface area contributed by atoms with Crippen LogP contribution in [0.15, 0.2) is 47.5 Å². The number of nitro benzene ring substituents is 1. The van der Waals surface area contributed by atoms with Crippen LogP contribution >= 0.6 is 0 Å². The molecule has 0 unspecified atom stereocenters. The van der Waals surface area contributed by atoms with Gasteiger partial charge in [-0.3, -0.25) is 10.1 Å². The zero-order chi connectivity index (χ0) is 15.9. The first-order valence-corrected chi connectivity index (χ1v) is 8.26. The van der Waals surface area contributed by atoms with Crippen LogP contribution in [-0.4, -0.2) is 28.8 Å². The lowest BCUT2D eigenvalue weighted by Gasteiger charge is -2.33. The number of benzene rings is 1. The smallest absolute Gasteiger partial charge is 0.270 e. The van der Waals surface area contributed by atoms with Crippen molar-refractivity contribution in [2.75, 3.05) is 6.54 Å². The molecule has 0 saturated heterocycles. The Labute approximate surface area is 128 Å². The number of fused-ring (bicyclic) bond motifs is 1. The lowest BCUT2D eigenvalue weighted by molar-refractivity contribution is -0.385. The van der Waals surface area contributed by atoms with E-state index >= 15 is 0 Å². The first-order chi connectivity index (χ1) is 10.4. The van der Waals surface area contributed by atoms with Gasteiger partial charge < -0.3 is 4.57 Å². The lowest BCUT2D eigenvalue weighted by Crippen LogP contribution is -2.40. The van der Waals surface area contributed by atoms with Crippen LogP contribution < -0.4 is 0 Å². The van der Waals surface area contributed by atoms with E-state index < -0.39 is 14.9 Å². The monoisotopic (exact) mass is 321 g/mol. The third-order valence-electron chi connectivity index (χ3n) is 3.92. The van der Waals surface area contributed by atoms with Crippen LogP contribution in [0.25, 0.3) is 0 Å². The highest BCUT2D eigenvalue weighted by atomic mass is 32.2. The fraction of sp³-hybridized carbons (Fsp3) is 0.286. The van der Waals surface area contributed by atoms with Crippen LogP contribution in [0.2, 0.25) is 0 Å². The molecule has 1 aliphatic rings. The van der Waals surface area contributed by atoms with Gasteiger partial charge in [0.25, 0.3) is 5.69 Å². The molecule has 116 valence electrons. The summed E-state index contributed by atoms with van der Waals surface area (Å²) in [6, 6.07) is 8.63. The van der Waals surface area contributed by atoms with Gasteiger partial charge >= 0.3 is 0 Å². The number of nitrogens with zero attached hydrogens (tertiary/aromatic N) is 3. The number of hydrogen-bond donors (Lipinski definition) is 0. The molecule has 0 fully saturated rings. The summed E-state index contributed by atoms with van der Waals surface area (Å²) in [5.41, 5.74) is 0.689. The summed E-state index contributed by atoms with van der Waals surface area (Å²) >= 11 is 0. The average molecular weight is 321 g/mol. The Morgan fingerprint density at radius 3 is 2.73 bits per heavy atom. The maximum atomic E-state index is 12.8. The van der Waals surface area contributed by atoms with Crippen molar-refractivity contribution in [3.05, 3.63) is 58.4 Å². The average Bonchev–Trinajstić information content (AvgIpc) is 2.97. The van der Waals surface area contributed by atoms with Crippen LogP contribution in [0.3, 0.4) is 0 Å². The third-order valence-corrected chi connectivity index (χ3v) is 5.89. The van der Waals surface area contributed by atoms with E-state index in [1.807, 2.05) is 29.8 Å². The second-order valence-corrected chi connectivity index (χ2v) is 7.06. The van der Waals surface area contributed by atoms with Gasteiger partial charge in [-0.05, 0) is 25.1 Å². The van der Waals surface area contributed by atoms with Crippen molar-refractivity contribution in [3.63, 3.8) is 0 Å². The highest BCUT2D eigenvalue weighted by Crippen LogP contribution is 2.31. The van der Waals surface area contributed by atoms with Crippen LogP contribution in [-0.2, 0) is 16.6 Å². The van der Waals surface area contributed by atoms with E-state index in [0.717, 1.165) is 11.8 Å². The topological polar surface area (TPSA) is 85.5 Å². The Hall–Kier alpha value is -2.19. The number of sulfonamides is 1.